The number of aliphatic hydroxyl groups is 1. The smallest absolute Gasteiger partial charge is 0.347 e. The van der Waals surface area contributed by atoms with Crippen LogP contribution in [0.4, 0.5) is 16.9 Å². The number of carboxylic acids is 1. The van der Waals surface area contributed by atoms with Crippen LogP contribution < -0.4 is 10.2 Å². The van der Waals surface area contributed by atoms with E-state index >= 15 is 0 Å². The molecule has 0 atom stereocenters. The number of aromatic nitrogens is 3. The fourth-order valence-corrected chi connectivity index (χ4v) is 4.33. The second-order valence-corrected chi connectivity index (χ2v) is 8.58. The number of nitrogens with one attached hydrogen (secondary N) is 1. The first-order valence-electron chi connectivity index (χ1n) is 10.3. The van der Waals surface area contributed by atoms with Crippen molar-refractivity contribution in [1.29, 1.82) is 0 Å². The topological polar surface area (TPSA) is 138 Å². The van der Waals surface area contributed by atoms with Crippen LogP contribution in [-0.4, -0.2) is 63.4 Å². The second kappa shape index (κ2) is 9.51. The van der Waals surface area contributed by atoms with Gasteiger partial charge < -0.3 is 19.8 Å². The number of carboxylic acid groups (broad SMARTS) is 1. The predicted molar refractivity (Wildman–Crippen MR) is 123 cm³/mol. The number of rotatable bonds is 6. The van der Waals surface area contributed by atoms with E-state index in [1.165, 1.54) is 7.11 Å². The van der Waals surface area contributed by atoms with Crippen LogP contribution in [-0.2, 0) is 4.74 Å². The summed E-state index contributed by atoms with van der Waals surface area (Å²) < 4.78 is 4.75. The van der Waals surface area contributed by atoms with E-state index in [9.17, 15) is 19.8 Å². The highest BCUT2D eigenvalue weighted by atomic mass is 32.1. The van der Waals surface area contributed by atoms with Gasteiger partial charge in [-0.15, -0.1) is 0 Å². The summed E-state index contributed by atoms with van der Waals surface area (Å²) >= 11 is 1.01. The molecule has 1 saturated heterocycles. The summed E-state index contributed by atoms with van der Waals surface area (Å²) in [5, 5.41) is 22.6. The molecule has 10 nitrogen and oxygen atoms in total. The van der Waals surface area contributed by atoms with Gasteiger partial charge in [0.2, 0.25) is 5.95 Å². The highest BCUT2D eigenvalue weighted by molar-refractivity contribution is 7.17. The molecule has 3 N–H and O–H groups in total. The van der Waals surface area contributed by atoms with Crippen LogP contribution in [0.5, 0.6) is 0 Å². The molecule has 1 aliphatic heterocycles. The molecule has 0 radical (unpaired) electrons. The van der Waals surface area contributed by atoms with Gasteiger partial charge >= 0.3 is 11.9 Å². The van der Waals surface area contributed by atoms with Gasteiger partial charge in [-0.25, -0.2) is 19.6 Å². The average molecular weight is 470 g/mol. The molecule has 0 unspecified atom stereocenters. The highest BCUT2D eigenvalue weighted by Gasteiger charge is 2.21. The lowest BCUT2D eigenvalue weighted by Gasteiger charge is -2.30. The van der Waals surface area contributed by atoms with Gasteiger partial charge in [0.05, 0.1) is 30.2 Å². The number of aliphatic hydroxyl groups excluding tert-OH is 1. The Morgan fingerprint density at radius 1 is 1.15 bits per heavy atom. The average Bonchev–Trinajstić information content (AvgIpc) is 3.19. The van der Waals surface area contributed by atoms with Crippen LogP contribution in [0.3, 0.4) is 0 Å². The third-order valence-corrected chi connectivity index (χ3v) is 6.37. The van der Waals surface area contributed by atoms with Crippen molar-refractivity contribution in [3.05, 3.63) is 46.5 Å². The van der Waals surface area contributed by atoms with Crippen molar-refractivity contribution >= 4 is 40.2 Å². The number of aryl methyl sites for hydroxylation is 1. The normalized spacial score (nSPS) is 14.2. The minimum Gasteiger partial charge on any atom is -0.477 e. The maximum atomic E-state index is 11.8. The van der Waals surface area contributed by atoms with Crippen molar-refractivity contribution in [1.82, 2.24) is 15.0 Å². The lowest BCUT2D eigenvalue weighted by molar-refractivity contribution is 0.0599. The molecule has 1 fully saturated rings. The first-order chi connectivity index (χ1) is 15.8. The summed E-state index contributed by atoms with van der Waals surface area (Å²) in [6.45, 7) is 2.94. The Morgan fingerprint density at radius 2 is 1.85 bits per heavy atom. The molecule has 0 spiro atoms. The molecule has 0 aliphatic carbocycles. The van der Waals surface area contributed by atoms with Crippen molar-refractivity contribution in [2.24, 2.45) is 0 Å². The molecule has 0 bridgehead atoms. The van der Waals surface area contributed by atoms with Crippen LogP contribution in [0.2, 0.25) is 0 Å². The standard InChI is InChI=1S/C22H23N5O5S/c1-12-18(19(29)30)33-22(23-12)26-21-24-16(13-3-5-14(6-4-13)20(31)32-2)11-17(25-21)27-9-7-15(28)8-10-27/h3-6,11,15,28H,7-10H2,1-2H3,(H,29,30)(H,23,24,25,26). The first-order valence-corrected chi connectivity index (χ1v) is 11.1. The maximum Gasteiger partial charge on any atom is 0.347 e. The molecule has 2 aromatic heterocycles. The van der Waals surface area contributed by atoms with Gasteiger partial charge in [-0.1, -0.05) is 23.5 Å². The fourth-order valence-electron chi connectivity index (χ4n) is 3.53. The van der Waals surface area contributed by atoms with E-state index in [-0.39, 0.29) is 16.9 Å². The van der Waals surface area contributed by atoms with Crippen molar-refractivity contribution < 1.29 is 24.5 Å². The number of nitrogens with zero attached hydrogens (tertiary/aromatic N) is 4. The number of thiazole rings is 1. The van der Waals surface area contributed by atoms with Gasteiger partial charge in [-0.3, -0.25) is 5.32 Å². The predicted octanol–water partition coefficient (Wildman–Crippen LogP) is 3.10. The molecular weight excluding hydrogens is 446 g/mol. The van der Waals surface area contributed by atoms with Gasteiger partial charge in [0.15, 0.2) is 5.13 Å². The van der Waals surface area contributed by atoms with Crippen LogP contribution in [0.25, 0.3) is 11.3 Å². The van der Waals surface area contributed by atoms with E-state index in [0.717, 1.165) is 16.9 Å². The Bertz CT molecular complexity index is 1170. The second-order valence-electron chi connectivity index (χ2n) is 7.59. The minimum atomic E-state index is -1.04. The van der Waals surface area contributed by atoms with E-state index in [0.29, 0.717) is 53.8 Å². The summed E-state index contributed by atoms with van der Waals surface area (Å²) in [5.74, 6) is -0.506. The zero-order valence-corrected chi connectivity index (χ0v) is 18.9. The van der Waals surface area contributed by atoms with Crippen molar-refractivity contribution in [3.63, 3.8) is 0 Å². The lowest BCUT2D eigenvalue weighted by Crippen LogP contribution is -2.36. The molecule has 1 aliphatic rings. The zero-order valence-electron chi connectivity index (χ0n) is 18.1. The molecule has 4 rings (SSSR count). The Hall–Kier alpha value is -3.57. The first kappa shape index (κ1) is 22.6. The summed E-state index contributed by atoms with van der Waals surface area (Å²) in [5.41, 5.74) is 2.23. The number of carbonyl (C=O) groups excluding carboxylic acids is 1. The Morgan fingerprint density at radius 3 is 2.45 bits per heavy atom. The van der Waals surface area contributed by atoms with E-state index in [4.69, 9.17) is 4.74 Å². The van der Waals surface area contributed by atoms with Gasteiger partial charge in [0.1, 0.15) is 10.7 Å². The molecule has 1 aromatic carbocycles. The van der Waals surface area contributed by atoms with Gasteiger partial charge in [0, 0.05) is 24.7 Å². The fraction of sp³-hybridized carbons (Fsp3) is 0.318. The summed E-state index contributed by atoms with van der Waals surface area (Å²) in [7, 11) is 1.33. The molecule has 3 aromatic rings. The monoisotopic (exact) mass is 469 g/mol. The molecule has 0 saturated carbocycles. The quantitative estimate of drug-likeness (QED) is 0.462. The van der Waals surface area contributed by atoms with Crippen LogP contribution in [0, 0.1) is 6.92 Å². The summed E-state index contributed by atoms with van der Waals surface area (Å²) in [6.07, 6.45) is 0.964. The van der Waals surface area contributed by atoms with Crippen LogP contribution in [0.15, 0.2) is 30.3 Å². The van der Waals surface area contributed by atoms with E-state index in [2.05, 4.69) is 25.2 Å². The molecule has 0 amide bonds. The minimum absolute atomic E-state index is 0.150. The van der Waals surface area contributed by atoms with Gasteiger partial charge in [-0.05, 0) is 31.9 Å². The SMILES string of the molecule is COC(=O)c1ccc(-c2cc(N3CCC(O)CC3)nc(Nc3nc(C)c(C(=O)O)s3)n2)cc1. The Labute approximate surface area is 193 Å². The molecule has 3 heterocycles. The number of ether oxygens (including phenoxy) is 1. The zero-order chi connectivity index (χ0) is 23.5. The largest absolute Gasteiger partial charge is 0.477 e. The van der Waals surface area contributed by atoms with Crippen molar-refractivity contribution in [2.75, 3.05) is 30.4 Å². The molecule has 172 valence electrons. The number of esters is 1. The number of hydrogen-bond acceptors (Lipinski definition) is 10. The number of anilines is 3. The number of hydrogen-bond donors (Lipinski definition) is 3. The Balaban J connectivity index is 1.69. The highest BCUT2D eigenvalue weighted by Crippen LogP contribution is 2.29. The maximum absolute atomic E-state index is 11.8. The molecular formula is C22H23N5O5S. The van der Waals surface area contributed by atoms with Crippen molar-refractivity contribution in [3.8, 4) is 11.3 Å². The number of piperidine rings is 1. The van der Waals surface area contributed by atoms with Crippen molar-refractivity contribution in [2.45, 2.75) is 25.9 Å². The van der Waals surface area contributed by atoms with Crippen LogP contribution >= 0.6 is 11.3 Å². The third-order valence-electron chi connectivity index (χ3n) is 5.31. The van der Waals surface area contributed by atoms with Gasteiger partial charge in [0.25, 0.3) is 0 Å². The van der Waals surface area contributed by atoms with Gasteiger partial charge in [-0.2, -0.15) is 4.98 Å². The number of benzene rings is 1. The number of carbonyl (C=O) groups is 2. The van der Waals surface area contributed by atoms with Crippen LogP contribution in [0.1, 0.15) is 38.6 Å². The number of methoxy groups -OCH3 is 1. The van der Waals surface area contributed by atoms with E-state index in [1.807, 2.05) is 6.07 Å². The van der Waals surface area contributed by atoms with E-state index < -0.39 is 11.9 Å². The molecule has 11 heteroatoms. The lowest BCUT2D eigenvalue weighted by atomic mass is 10.1. The summed E-state index contributed by atoms with van der Waals surface area (Å²) in [6, 6.07) is 8.73. The van der Waals surface area contributed by atoms with E-state index in [1.54, 1.807) is 31.2 Å². The number of aromatic carboxylic acids is 1. The Kier molecular flexibility index (Phi) is 6.52. The summed E-state index contributed by atoms with van der Waals surface area (Å²) in [4.78, 5) is 38.8. The molecule has 33 heavy (non-hydrogen) atoms. The third kappa shape index (κ3) is 5.10.